The van der Waals surface area contributed by atoms with Crippen LogP contribution in [0.4, 0.5) is 11.6 Å². The number of nitrogens with two attached hydrogens (primary N) is 1. The lowest BCUT2D eigenvalue weighted by atomic mass is 10.0. The molecule has 2 heterocycles. The number of nitrogens with one attached hydrogen (secondary N) is 2. The molecule has 1 aliphatic heterocycles. The molecular weight excluding hydrogens is 268 g/mol. The van der Waals surface area contributed by atoms with Gasteiger partial charge in [0, 0.05) is 25.6 Å². The number of nitrogens with zero attached hydrogens (tertiary/aromatic N) is 3. The largest absolute Gasteiger partial charge is 0.357 e. The molecule has 1 amide bonds. The number of nitrogen functional groups attached to an aromatic ring is 1. The van der Waals surface area contributed by atoms with Gasteiger partial charge in [-0.05, 0) is 19.3 Å². The molecule has 0 bridgehead atoms. The van der Waals surface area contributed by atoms with E-state index in [1.54, 1.807) is 13.1 Å². The summed E-state index contributed by atoms with van der Waals surface area (Å²) in [6, 6.07) is 1.62. The van der Waals surface area contributed by atoms with Gasteiger partial charge in [0.15, 0.2) is 0 Å². The number of aromatic nitrogens is 2. The third-order valence-corrected chi connectivity index (χ3v) is 3.74. The van der Waals surface area contributed by atoms with E-state index in [0.29, 0.717) is 5.82 Å². The van der Waals surface area contributed by atoms with Crippen molar-refractivity contribution in [2.45, 2.75) is 45.1 Å². The van der Waals surface area contributed by atoms with Crippen molar-refractivity contribution in [1.82, 2.24) is 15.3 Å². The van der Waals surface area contributed by atoms with E-state index in [0.717, 1.165) is 37.4 Å². The number of rotatable bonds is 4. The second kappa shape index (κ2) is 6.71. The first-order valence-electron chi connectivity index (χ1n) is 7.40. The minimum atomic E-state index is -0.177. The third-order valence-electron chi connectivity index (χ3n) is 3.74. The average Bonchev–Trinajstić information content (AvgIpc) is 2.53. The van der Waals surface area contributed by atoms with E-state index in [2.05, 4.69) is 25.6 Å². The molecule has 7 nitrogen and oxygen atoms in total. The van der Waals surface area contributed by atoms with Crippen LogP contribution in [0.1, 0.15) is 44.9 Å². The Bertz CT molecular complexity index is 504. The summed E-state index contributed by atoms with van der Waals surface area (Å²) in [6.45, 7) is 4.88. The van der Waals surface area contributed by atoms with Gasteiger partial charge in [0.05, 0.1) is 0 Å². The van der Waals surface area contributed by atoms with Crippen LogP contribution < -0.4 is 21.5 Å². The summed E-state index contributed by atoms with van der Waals surface area (Å²) < 4.78 is 0. The van der Waals surface area contributed by atoms with Crippen LogP contribution in [0.15, 0.2) is 6.07 Å². The quantitative estimate of drug-likeness (QED) is 0.566. The lowest BCUT2D eigenvalue weighted by molar-refractivity contribution is -0.122. The molecule has 0 radical (unpaired) electrons. The van der Waals surface area contributed by atoms with Crippen molar-refractivity contribution >= 4 is 17.5 Å². The number of anilines is 2. The first-order chi connectivity index (χ1) is 10.1. The predicted molar refractivity (Wildman–Crippen MR) is 83.0 cm³/mol. The number of amides is 1. The van der Waals surface area contributed by atoms with Crippen LogP contribution in [0.3, 0.4) is 0 Å². The second-order valence-electron chi connectivity index (χ2n) is 5.59. The lowest BCUT2D eigenvalue weighted by Gasteiger charge is -2.35. The van der Waals surface area contributed by atoms with Gasteiger partial charge in [-0.25, -0.2) is 15.8 Å². The van der Waals surface area contributed by atoms with Gasteiger partial charge in [-0.3, -0.25) is 4.79 Å². The fourth-order valence-electron chi connectivity index (χ4n) is 2.58. The van der Waals surface area contributed by atoms with E-state index in [1.165, 1.54) is 0 Å². The molecule has 0 aromatic carbocycles. The Morgan fingerprint density at radius 3 is 2.81 bits per heavy atom. The highest BCUT2D eigenvalue weighted by Gasteiger charge is 2.29. The van der Waals surface area contributed by atoms with Crippen molar-refractivity contribution in [3.63, 3.8) is 0 Å². The molecule has 1 aromatic heterocycles. The zero-order chi connectivity index (χ0) is 15.4. The van der Waals surface area contributed by atoms with Crippen molar-refractivity contribution in [2.75, 3.05) is 23.9 Å². The Morgan fingerprint density at radius 1 is 1.43 bits per heavy atom. The standard InChI is InChI=1S/C14H24N6O/c1-9(2)13-17-11(19-15)8-12(18-13)20-7-5-4-6-10(20)14(21)16-3/h8-10H,4-7,15H2,1-3H3,(H,16,21)(H,17,18,19). The molecule has 4 N–H and O–H groups in total. The molecule has 1 unspecified atom stereocenters. The van der Waals surface area contributed by atoms with Crippen LogP contribution in [0.5, 0.6) is 0 Å². The Hall–Kier alpha value is -1.89. The molecule has 1 aliphatic rings. The zero-order valence-electron chi connectivity index (χ0n) is 12.9. The van der Waals surface area contributed by atoms with Crippen LogP contribution in [0.25, 0.3) is 0 Å². The predicted octanol–water partition coefficient (Wildman–Crippen LogP) is 0.990. The van der Waals surface area contributed by atoms with Crippen molar-refractivity contribution < 1.29 is 4.79 Å². The highest BCUT2D eigenvalue weighted by Crippen LogP contribution is 2.26. The molecule has 2 rings (SSSR count). The van der Waals surface area contributed by atoms with E-state index in [9.17, 15) is 4.79 Å². The summed E-state index contributed by atoms with van der Waals surface area (Å²) in [5.74, 6) is 7.78. The molecule has 1 atom stereocenters. The molecule has 0 aliphatic carbocycles. The van der Waals surface area contributed by atoms with Gasteiger partial charge < -0.3 is 15.6 Å². The Kier molecular flexibility index (Phi) is 4.95. The maximum Gasteiger partial charge on any atom is 0.242 e. The molecule has 0 spiro atoms. The Balaban J connectivity index is 2.37. The highest BCUT2D eigenvalue weighted by atomic mass is 16.2. The monoisotopic (exact) mass is 292 g/mol. The van der Waals surface area contributed by atoms with Crippen LogP contribution in [0.2, 0.25) is 0 Å². The zero-order valence-corrected chi connectivity index (χ0v) is 12.9. The molecule has 1 saturated heterocycles. The lowest BCUT2D eigenvalue weighted by Crippen LogP contribution is -2.49. The van der Waals surface area contributed by atoms with E-state index >= 15 is 0 Å². The Morgan fingerprint density at radius 2 is 2.19 bits per heavy atom. The molecule has 116 valence electrons. The fraction of sp³-hybridized carbons (Fsp3) is 0.643. The average molecular weight is 292 g/mol. The maximum atomic E-state index is 12.1. The van der Waals surface area contributed by atoms with Gasteiger partial charge in [-0.15, -0.1) is 0 Å². The maximum absolute atomic E-state index is 12.1. The summed E-state index contributed by atoms with van der Waals surface area (Å²) in [5, 5.41) is 2.74. The number of carbonyl (C=O) groups is 1. The number of likely N-dealkylation sites (N-methyl/N-ethyl adjacent to an activating group) is 1. The molecule has 1 fully saturated rings. The number of hydrogen-bond acceptors (Lipinski definition) is 6. The SMILES string of the molecule is CNC(=O)C1CCCCN1c1cc(NN)nc(C(C)C)n1. The van der Waals surface area contributed by atoms with Crippen molar-refractivity contribution in [1.29, 1.82) is 0 Å². The number of hydrogen-bond donors (Lipinski definition) is 3. The van der Waals surface area contributed by atoms with E-state index in [-0.39, 0.29) is 17.9 Å². The highest BCUT2D eigenvalue weighted by molar-refractivity contribution is 5.85. The van der Waals surface area contributed by atoms with Gasteiger partial charge in [0.25, 0.3) is 0 Å². The topological polar surface area (TPSA) is 96.2 Å². The van der Waals surface area contributed by atoms with E-state index in [4.69, 9.17) is 5.84 Å². The number of carbonyl (C=O) groups excluding carboxylic acids is 1. The summed E-state index contributed by atoms with van der Waals surface area (Å²) in [4.78, 5) is 23.1. The van der Waals surface area contributed by atoms with E-state index in [1.807, 2.05) is 13.8 Å². The van der Waals surface area contributed by atoms with Crippen LogP contribution in [-0.4, -0.2) is 35.5 Å². The minimum absolute atomic E-state index is 0.0293. The first-order valence-corrected chi connectivity index (χ1v) is 7.40. The third kappa shape index (κ3) is 3.41. The summed E-state index contributed by atoms with van der Waals surface area (Å²) in [7, 11) is 1.67. The van der Waals surface area contributed by atoms with Crippen LogP contribution >= 0.6 is 0 Å². The van der Waals surface area contributed by atoms with Gasteiger partial charge in [0.1, 0.15) is 23.5 Å². The van der Waals surface area contributed by atoms with Gasteiger partial charge in [-0.2, -0.15) is 0 Å². The Labute approximate surface area is 125 Å². The molecule has 21 heavy (non-hydrogen) atoms. The molecular formula is C14H24N6O. The smallest absolute Gasteiger partial charge is 0.242 e. The van der Waals surface area contributed by atoms with Crippen LogP contribution in [-0.2, 0) is 4.79 Å². The normalized spacial score (nSPS) is 18.7. The number of piperidine rings is 1. The summed E-state index contributed by atoms with van der Waals surface area (Å²) in [5.41, 5.74) is 2.58. The van der Waals surface area contributed by atoms with Gasteiger partial charge >= 0.3 is 0 Å². The second-order valence-corrected chi connectivity index (χ2v) is 5.59. The van der Waals surface area contributed by atoms with Crippen LogP contribution in [0, 0.1) is 0 Å². The molecule has 0 saturated carbocycles. The summed E-state index contributed by atoms with van der Waals surface area (Å²) in [6.07, 6.45) is 2.95. The van der Waals surface area contributed by atoms with Crippen molar-refractivity contribution in [2.24, 2.45) is 5.84 Å². The minimum Gasteiger partial charge on any atom is -0.357 e. The fourth-order valence-corrected chi connectivity index (χ4v) is 2.58. The van der Waals surface area contributed by atoms with Crippen molar-refractivity contribution in [3.05, 3.63) is 11.9 Å². The van der Waals surface area contributed by atoms with Gasteiger partial charge in [0.2, 0.25) is 5.91 Å². The van der Waals surface area contributed by atoms with E-state index < -0.39 is 0 Å². The number of hydrazine groups is 1. The summed E-state index contributed by atoms with van der Waals surface area (Å²) >= 11 is 0. The van der Waals surface area contributed by atoms with Gasteiger partial charge in [-0.1, -0.05) is 13.8 Å². The first kappa shape index (κ1) is 15.5. The molecule has 1 aromatic rings. The van der Waals surface area contributed by atoms with Crippen molar-refractivity contribution in [3.8, 4) is 0 Å². The molecule has 7 heteroatoms.